The molecule has 0 aliphatic carbocycles. The Balaban J connectivity index is 3.51. The van der Waals surface area contributed by atoms with Crippen LogP contribution in [0.1, 0.15) is 15.9 Å². The minimum Gasteiger partial charge on any atom is -0.397 e. The summed E-state index contributed by atoms with van der Waals surface area (Å²) in [6, 6.07) is 2.37. The Morgan fingerprint density at radius 2 is 1.93 bits per heavy atom. The molecule has 0 bridgehead atoms. The largest absolute Gasteiger partial charge is 0.419 e. The van der Waals surface area contributed by atoms with Crippen molar-refractivity contribution in [1.82, 2.24) is 0 Å². The standard InChI is InChI=1S/C8H5BrF3NO/c9-5-2-1-4(3-14)6(7(5)13)8(10,11)12/h1-3H,13H2. The fourth-order valence-corrected chi connectivity index (χ4v) is 1.36. The Morgan fingerprint density at radius 1 is 1.36 bits per heavy atom. The molecule has 0 fully saturated rings. The molecular formula is C8H5BrF3NO. The van der Waals surface area contributed by atoms with E-state index in [0.29, 0.717) is 0 Å². The van der Waals surface area contributed by atoms with Crippen LogP contribution < -0.4 is 5.73 Å². The second-order valence-electron chi connectivity index (χ2n) is 2.54. The van der Waals surface area contributed by atoms with E-state index in [4.69, 9.17) is 5.73 Å². The van der Waals surface area contributed by atoms with Crippen molar-refractivity contribution in [2.75, 3.05) is 5.73 Å². The lowest BCUT2D eigenvalue weighted by molar-refractivity contribution is -0.137. The topological polar surface area (TPSA) is 43.1 Å². The number of aldehydes is 1. The Labute approximate surface area is 86.0 Å². The van der Waals surface area contributed by atoms with Gasteiger partial charge >= 0.3 is 6.18 Å². The number of benzene rings is 1. The summed E-state index contributed by atoms with van der Waals surface area (Å²) in [5, 5.41) is 0. The number of rotatable bonds is 1. The van der Waals surface area contributed by atoms with E-state index in [1.54, 1.807) is 0 Å². The Morgan fingerprint density at radius 3 is 2.36 bits per heavy atom. The van der Waals surface area contributed by atoms with Crippen LogP contribution in [0.2, 0.25) is 0 Å². The molecule has 1 rings (SSSR count). The summed E-state index contributed by atoms with van der Waals surface area (Å²) in [7, 11) is 0. The zero-order valence-electron chi connectivity index (χ0n) is 6.73. The average molecular weight is 268 g/mol. The zero-order valence-corrected chi connectivity index (χ0v) is 8.32. The molecule has 6 heteroatoms. The fraction of sp³-hybridized carbons (Fsp3) is 0.125. The highest BCUT2D eigenvalue weighted by Gasteiger charge is 2.36. The summed E-state index contributed by atoms with van der Waals surface area (Å²) in [4.78, 5) is 10.4. The molecule has 1 aromatic rings. The Bertz CT molecular complexity index is 376. The van der Waals surface area contributed by atoms with Gasteiger partial charge in [0.1, 0.15) is 0 Å². The second-order valence-corrected chi connectivity index (χ2v) is 3.40. The van der Waals surface area contributed by atoms with Crippen LogP contribution in [-0.2, 0) is 6.18 Å². The van der Waals surface area contributed by atoms with E-state index in [2.05, 4.69) is 15.9 Å². The van der Waals surface area contributed by atoms with Crippen LogP contribution in [0, 0.1) is 0 Å². The molecule has 14 heavy (non-hydrogen) atoms. The lowest BCUT2D eigenvalue weighted by Crippen LogP contribution is -2.12. The summed E-state index contributed by atoms with van der Waals surface area (Å²) < 4.78 is 37.4. The van der Waals surface area contributed by atoms with Crippen molar-refractivity contribution in [3.05, 3.63) is 27.7 Å². The van der Waals surface area contributed by atoms with E-state index in [1.807, 2.05) is 0 Å². The van der Waals surface area contributed by atoms with Crippen LogP contribution in [0.3, 0.4) is 0 Å². The first kappa shape index (κ1) is 11.0. The number of nitrogens with two attached hydrogens (primary N) is 1. The second kappa shape index (κ2) is 3.61. The van der Waals surface area contributed by atoms with E-state index in [9.17, 15) is 18.0 Å². The molecule has 0 saturated carbocycles. The molecule has 2 N–H and O–H groups in total. The van der Waals surface area contributed by atoms with Crippen LogP contribution >= 0.6 is 15.9 Å². The molecule has 1 aromatic carbocycles. The molecule has 76 valence electrons. The molecule has 0 saturated heterocycles. The molecule has 0 aliphatic rings. The monoisotopic (exact) mass is 267 g/mol. The van der Waals surface area contributed by atoms with Gasteiger partial charge in [0.25, 0.3) is 0 Å². The molecule has 0 heterocycles. The number of halogens is 4. The molecule has 0 unspecified atom stereocenters. The van der Waals surface area contributed by atoms with Gasteiger partial charge in [-0.3, -0.25) is 4.79 Å². The van der Waals surface area contributed by atoms with Gasteiger partial charge in [0.15, 0.2) is 6.29 Å². The molecule has 0 amide bonds. The maximum atomic E-state index is 12.4. The van der Waals surface area contributed by atoms with Crippen molar-refractivity contribution >= 4 is 27.9 Å². The number of hydrogen-bond donors (Lipinski definition) is 1. The smallest absolute Gasteiger partial charge is 0.397 e. The lowest BCUT2D eigenvalue weighted by atomic mass is 10.1. The first-order valence-electron chi connectivity index (χ1n) is 3.48. The van der Waals surface area contributed by atoms with Gasteiger partial charge in [0.05, 0.1) is 11.3 Å². The predicted octanol–water partition coefficient (Wildman–Crippen LogP) is 2.86. The van der Waals surface area contributed by atoms with E-state index in [0.717, 1.165) is 6.07 Å². The zero-order chi connectivity index (χ0) is 10.9. The minimum absolute atomic E-state index is 0.121. The van der Waals surface area contributed by atoms with Crippen LogP contribution in [0.5, 0.6) is 0 Å². The van der Waals surface area contributed by atoms with Gasteiger partial charge in [0.2, 0.25) is 0 Å². The van der Waals surface area contributed by atoms with Crippen molar-refractivity contribution in [1.29, 1.82) is 0 Å². The van der Waals surface area contributed by atoms with Crippen molar-refractivity contribution in [2.45, 2.75) is 6.18 Å². The van der Waals surface area contributed by atoms with Gasteiger partial charge in [-0.05, 0) is 28.1 Å². The van der Waals surface area contributed by atoms with Gasteiger partial charge in [0, 0.05) is 10.0 Å². The average Bonchev–Trinajstić information content (AvgIpc) is 2.07. The quantitative estimate of drug-likeness (QED) is 0.628. The molecule has 0 aromatic heterocycles. The predicted molar refractivity (Wildman–Crippen MR) is 48.9 cm³/mol. The maximum absolute atomic E-state index is 12.4. The van der Waals surface area contributed by atoms with Crippen molar-refractivity contribution in [2.24, 2.45) is 0 Å². The summed E-state index contributed by atoms with van der Waals surface area (Å²) >= 11 is 2.86. The third-order valence-electron chi connectivity index (χ3n) is 1.63. The van der Waals surface area contributed by atoms with Gasteiger partial charge in [-0.25, -0.2) is 0 Å². The summed E-state index contributed by atoms with van der Waals surface area (Å²) in [5.74, 6) is 0. The summed E-state index contributed by atoms with van der Waals surface area (Å²) in [6.07, 6.45) is -4.49. The Kier molecular flexibility index (Phi) is 2.84. The molecule has 0 atom stereocenters. The molecule has 2 nitrogen and oxygen atoms in total. The first-order valence-corrected chi connectivity index (χ1v) is 4.27. The van der Waals surface area contributed by atoms with Crippen LogP contribution in [0.4, 0.5) is 18.9 Å². The minimum atomic E-state index is -4.62. The highest BCUT2D eigenvalue weighted by atomic mass is 79.9. The highest BCUT2D eigenvalue weighted by Crippen LogP contribution is 2.38. The fourth-order valence-electron chi connectivity index (χ4n) is 1.03. The van der Waals surface area contributed by atoms with E-state index in [-0.39, 0.29) is 10.8 Å². The Hall–Kier alpha value is -1.04. The molecule has 0 radical (unpaired) electrons. The van der Waals surface area contributed by atoms with Gasteiger partial charge in [-0.1, -0.05) is 0 Å². The normalized spacial score (nSPS) is 11.4. The third-order valence-corrected chi connectivity index (χ3v) is 2.33. The SMILES string of the molecule is Nc1c(Br)ccc(C=O)c1C(F)(F)F. The van der Waals surface area contributed by atoms with E-state index >= 15 is 0 Å². The van der Waals surface area contributed by atoms with Crippen molar-refractivity contribution in [3.63, 3.8) is 0 Å². The van der Waals surface area contributed by atoms with Crippen LogP contribution in [-0.4, -0.2) is 6.29 Å². The number of hydrogen-bond acceptors (Lipinski definition) is 2. The summed E-state index contributed by atoms with van der Waals surface area (Å²) in [5.41, 5.74) is 3.19. The number of nitrogen functional groups attached to an aromatic ring is 1. The first-order chi connectivity index (χ1) is 6.38. The van der Waals surface area contributed by atoms with Crippen molar-refractivity contribution < 1.29 is 18.0 Å². The van der Waals surface area contributed by atoms with Gasteiger partial charge < -0.3 is 5.73 Å². The van der Waals surface area contributed by atoms with Crippen molar-refractivity contribution in [3.8, 4) is 0 Å². The van der Waals surface area contributed by atoms with Gasteiger partial charge in [-0.15, -0.1) is 0 Å². The molecule has 0 spiro atoms. The number of alkyl halides is 3. The third kappa shape index (κ3) is 1.89. The van der Waals surface area contributed by atoms with Gasteiger partial charge in [-0.2, -0.15) is 13.2 Å². The molecular weight excluding hydrogens is 263 g/mol. The highest BCUT2D eigenvalue weighted by molar-refractivity contribution is 9.10. The number of carbonyl (C=O) groups excluding carboxylic acids is 1. The number of carbonyl (C=O) groups is 1. The number of anilines is 1. The lowest BCUT2D eigenvalue weighted by Gasteiger charge is -2.13. The van der Waals surface area contributed by atoms with E-state index in [1.165, 1.54) is 6.07 Å². The van der Waals surface area contributed by atoms with Crippen LogP contribution in [0.15, 0.2) is 16.6 Å². The maximum Gasteiger partial charge on any atom is 0.419 e. The van der Waals surface area contributed by atoms with E-state index < -0.39 is 23.0 Å². The molecule has 0 aliphatic heterocycles. The van der Waals surface area contributed by atoms with Crippen LogP contribution in [0.25, 0.3) is 0 Å². The summed E-state index contributed by atoms with van der Waals surface area (Å²) in [6.45, 7) is 0.